The number of aryl methyl sites for hydroxylation is 1. The van der Waals surface area contributed by atoms with E-state index in [9.17, 15) is 14.4 Å². The third-order valence-corrected chi connectivity index (χ3v) is 6.29. The summed E-state index contributed by atoms with van der Waals surface area (Å²) in [5, 5.41) is 8.75. The number of amides is 2. The summed E-state index contributed by atoms with van der Waals surface area (Å²) >= 11 is 0. The predicted octanol–water partition coefficient (Wildman–Crippen LogP) is 2.43. The Balaban J connectivity index is 2.18. The molecule has 0 bridgehead atoms. The summed E-state index contributed by atoms with van der Waals surface area (Å²) in [5.74, 6) is 0.965. The van der Waals surface area contributed by atoms with Gasteiger partial charge in [0.15, 0.2) is 11.5 Å². The van der Waals surface area contributed by atoms with Crippen LogP contribution in [0.1, 0.15) is 37.4 Å². The van der Waals surface area contributed by atoms with Gasteiger partial charge in [-0.05, 0) is 54.7 Å². The molecule has 0 saturated carbocycles. The summed E-state index contributed by atoms with van der Waals surface area (Å²) in [7, 11) is 6.19. The van der Waals surface area contributed by atoms with Gasteiger partial charge in [0, 0.05) is 26.1 Å². The van der Waals surface area contributed by atoms with Crippen molar-refractivity contribution in [1.82, 2.24) is 10.6 Å². The van der Waals surface area contributed by atoms with E-state index in [1.807, 2.05) is 12.1 Å². The third kappa shape index (κ3) is 6.14. The first-order valence-corrected chi connectivity index (χ1v) is 12.1. The molecular weight excluding hydrogens is 478 g/mol. The maximum absolute atomic E-state index is 13.3. The van der Waals surface area contributed by atoms with Gasteiger partial charge in [0.2, 0.25) is 23.0 Å². The molecule has 200 valence electrons. The highest BCUT2D eigenvalue weighted by Crippen LogP contribution is 2.50. The standard InChI is InChI=1S/C27H35N3O7/c1-15(27(33)28-11-12-34-3)29-21-10-8-18-19(14-22(21)32)20(30-16(2)31)9-7-17-13-23(35-4)25(36-5)26(37-6)24(17)18/h8,10,13-15,20H,7,9,11-12H2,1-6H3,(H,28,33)(H,29,32)(H,30,31)/t15-,20-/m1/s1. The zero-order valence-electron chi connectivity index (χ0n) is 22.2. The number of rotatable bonds is 10. The molecule has 2 atom stereocenters. The van der Waals surface area contributed by atoms with Gasteiger partial charge in [-0.15, -0.1) is 0 Å². The Bertz CT molecular complexity index is 1220. The maximum Gasteiger partial charge on any atom is 0.242 e. The number of ether oxygens (including phenoxy) is 4. The van der Waals surface area contributed by atoms with E-state index in [0.29, 0.717) is 54.4 Å². The van der Waals surface area contributed by atoms with Crippen molar-refractivity contribution >= 4 is 17.5 Å². The topological polar surface area (TPSA) is 124 Å². The van der Waals surface area contributed by atoms with Gasteiger partial charge >= 0.3 is 0 Å². The molecule has 2 aromatic rings. The Kier molecular flexibility index (Phi) is 9.35. The summed E-state index contributed by atoms with van der Waals surface area (Å²) in [4.78, 5) is 37.9. The van der Waals surface area contributed by atoms with Crippen LogP contribution < -0.4 is 35.6 Å². The summed E-state index contributed by atoms with van der Waals surface area (Å²) < 4.78 is 21.9. The Labute approximate surface area is 216 Å². The van der Waals surface area contributed by atoms with Crippen molar-refractivity contribution in [2.24, 2.45) is 0 Å². The van der Waals surface area contributed by atoms with Crippen molar-refractivity contribution < 1.29 is 28.5 Å². The van der Waals surface area contributed by atoms with Gasteiger partial charge in [0.1, 0.15) is 6.04 Å². The highest BCUT2D eigenvalue weighted by Gasteiger charge is 2.29. The number of methoxy groups -OCH3 is 4. The van der Waals surface area contributed by atoms with E-state index >= 15 is 0 Å². The fourth-order valence-corrected chi connectivity index (χ4v) is 4.56. The first kappa shape index (κ1) is 27.8. The largest absolute Gasteiger partial charge is 0.493 e. The van der Waals surface area contributed by atoms with Crippen molar-refractivity contribution in [3.8, 4) is 28.4 Å². The molecule has 10 heteroatoms. The lowest BCUT2D eigenvalue weighted by atomic mass is 9.95. The van der Waals surface area contributed by atoms with Gasteiger partial charge in [-0.3, -0.25) is 14.4 Å². The minimum atomic E-state index is -0.663. The van der Waals surface area contributed by atoms with Gasteiger partial charge in [-0.1, -0.05) is 6.07 Å². The SMILES string of the molecule is COCCNC(=O)[C@@H](C)Nc1ccc2c(cc1=O)[C@H](NC(C)=O)CCc1cc(OC)c(OC)c(OC)c1-2. The molecule has 37 heavy (non-hydrogen) atoms. The molecule has 1 aliphatic rings. The molecule has 0 spiro atoms. The van der Waals surface area contributed by atoms with Crippen LogP contribution in [0.4, 0.5) is 5.69 Å². The predicted molar refractivity (Wildman–Crippen MR) is 141 cm³/mol. The first-order valence-electron chi connectivity index (χ1n) is 12.1. The van der Waals surface area contributed by atoms with E-state index in [4.69, 9.17) is 18.9 Å². The average Bonchev–Trinajstić information content (AvgIpc) is 3.11. The molecule has 0 saturated heterocycles. The zero-order chi connectivity index (χ0) is 27.1. The summed E-state index contributed by atoms with van der Waals surface area (Å²) in [5.41, 5.74) is 3.00. The second-order valence-electron chi connectivity index (χ2n) is 8.75. The van der Waals surface area contributed by atoms with Crippen molar-refractivity contribution in [2.75, 3.05) is 46.9 Å². The molecule has 0 heterocycles. The van der Waals surface area contributed by atoms with E-state index in [1.54, 1.807) is 34.3 Å². The minimum absolute atomic E-state index is 0.206. The van der Waals surface area contributed by atoms with Gasteiger partial charge in [0.25, 0.3) is 0 Å². The number of hydrogen-bond donors (Lipinski definition) is 3. The van der Waals surface area contributed by atoms with Gasteiger partial charge in [-0.2, -0.15) is 0 Å². The Hall–Kier alpha value is -3.79. The Morgan fingerprint density at radius 1 is 1.05 bits per heavy atom. The molecule has 0 unspecified atom stereocenters. The van der Waals surface area contributed by atoms with Crippen LogP contribution in [0.25, 0.3) is 11.1 Å². The molecule has 2 amide bonds. The van der Waals surface area contributed by atoms with Crippen LogP contribution in [-0.2, 0) is 20.7 Å². The Morgan fingerprint density at radius 2 is 1.78 bits per heavy atom. The van der Waals surface area contributed by atoms with E-state index in [-0.39, 0.29) is 22.9 Å². The van der Waals surface area contributed by atoms with Crippen LogP contribution in [0.3, 0.4) is 0 Å². The normalized spacial score (nSPS) is 14.8. The lowest BCUT2D eigenvalue weighted by Crippen LogP contribution is -2.39. The monoisotopic (exact) mass is 513 g/mol. The van der Waals surface area contributed by atoms with Crippen LogP contribution in [0.15, 0.2) is 29.1 Å². The molecule has 3 rings (SSSR count). The van der Waals surface area contributed by atoms with Crippen LogP contribution in [0, 0.1) is 0 Å². The molecule has 0 aromatic heterocycles. The number of fused-ring (bicyclic) bond motifs is 3. The molecular formula is C27H35N3O7. The molecule has 2 aromatic carbocycles. The first-order chi connectivity index (χ1) is 17.7. The van der Waals surface area contributed by atoms with E-state index in [1.165, 1.54) is 20.1 Å². The van der Waals surface area contributed by atoms with Gasteiger partial charge in [0.05, 0.1) is 39.7 Å². The fourth-order valence-electron chi connectivity index (χ4n) is 4.56. The second-order valence-corrected chi connectivity index (χ2v) is 8.75. The van der Waals surface area contributed by atoms with Crippen LogP contribution >= 0.6 is 0 Å². The molecule has 10 nitrogen and oxygen atoms in total. The second kappa shape index (κ2) is 12.4. The van der Waals surface area contributed by atoms with Crippen LogP contribution in [-0.4, -0.2) is 59.4 Å². The van der Waals surface area contributed by atoms with Crippen molar-refractivity contribution in [2.45, 2.75) is 38.8 Å². The highest BCUT2D eigenvalue weighted by atomic mass is 16.5. The maximum atomic E-state index is 13.3. The summed E-state index contributed by atoms with van der Waals surface area (Å²) in [6.45, 7) is 3.87. The lowest BCUT2D eigenvalue weighted by molar-refractivity contribution is -0.122. The average molecular weight is 514 g/mol. The number of carbonyl (C=O) groups excluding carboxylic acids is 2. The van der Waals surface area contributed by atoms with Crippen molar-refractivity contribution in [3.05, 3.63) is 45.6 Å². The number of carbonyl (C=O) groups is 2. The van der Waals surface area contributed by atoms with Crippen molar-refractivity contribution in [1.29, 1.82) is 0 Å². The van der Waals surface area contributed by atoms with Crippen LogP contribution in [0.2, 0.25) is 0 Å². The van der Waals surface area contributed by atoms with Gasteiger partial charge < -0.3 is 34.9 Å². The number of hydrogen-bond acceptors (Lipinski definition) is 8. The number of nitrogens with one attached hydrogen (secondary N) is 3. The minimum Gasteiger partial charge on any atom is -0.493 e. The quantitative estimate of drug-likeness (QED) is 0.414. The smallest absolute Gasteiger partial charge is 0.242 e. The third-order valence-electron chi connectivity index (χ3n) is 6.29. The molecule has 1 aliphatic carbocycles. The fraction of sp³-hybridized carbons (Fsp3) is 0.444. The zero-order valence-corrected chi connectivity index (χ0v) is 22.2. The molecule has 0 radical (unpaired) electrons. The van der Waals surface area contributed by atoms with E-state index in [0.717, 1.165) is 11.1 Å². The Morgan fingerprint density at radius 3 is 2.41 bits per heavy atom. The van der Waals surface area contributed by atoms with Crippen LogP contribution in [0.5, 0.6) is 17.2 Å². The highest BCUT2D eigenvalue weighted by molar-refractivity contribution is 5.85. The lowest BCUT2D eigenvalue weighted by Gasteiger charge is -2.19. The summed E-state index contributed by atoms with van der Waals surface area (Å²) in [6.07, 6.45) is 1.16. The van der Waals surface area contributed by atoms with Gasteiger partial charge in [-0.25, -0.2) is 0 Å². The summed E-state index contributed by atoms with van der Waals surface area (Å²) in [6, 6.07) is 5.79. The van der Waals surface area contributed by atoms with E-state index in [2.05, 4.69) is 16.0 Å². The van der Waals surface area contributed by atoms with E-state index < -0.39 is 12.1 Å². The molecule has 3 N–H and O–H groups in total. The number of anilines is 1. The number of benzene rings is 1. The van der Waals surface area contributed by atoms with Crippen molar-refractivity contribution in [3.63, 3.8) is 0 Å². The molecule has 0 aliphatic heterocycles. The molecule has 0 fully saturated rings.